The van der Waals surface area contributed by atoms with E-state index in [4.69, 9.17) is 4.74 Å². The molecule has 8 heteroatoms. The number of carbonyl (C=O) groups is 2. The van der Waals surface area contributed by atoms with Crippen LogP contribution in [0.1, 0.15) is 32.8 Å². The van der Waals surface area contributed by atoms with Gasteiger partial charge in [0.25, 0.3) is 0 Å². The molecule has 0 unspecified atom stereocenters. The van der Waals surface area contributed by atoms with Gasteiger partial charge < -0.3 is 10.1 Å². The Hall–Kier alpha value is -1.93. The van der Waals surface area contributed by atoms with E-state index < -0.39 is 33.8 Å². The molecular formula is C17H24N2O5S. The van der Waals surface area contributed by atoms with Crippen LogP contribution in [-0.2, 0) is 26.0 Å². The van der Waals surface area contributed by atoms with Gasteiger partial charge in [0.2, 0.25) is 10.0 Å². The fraction of sp³-hybridized carbons (Fsp3) is 0.529. The smallest absolute Gasteiger partial charge is 0.408 e. The van der Waals surface area contributed by atoms with Crippen LogP contribution < -0.4 is 10.0 Å². The quantitative estimate of drug-likeness (QED) is 0.818. The third-order valence-electron chi connectivity index (χ3n) is 3.66. The Labute approximate surface area is 148 Å². The standard InChI is InChI=1S/C17H24N2O5S/c1-17(2,3)24-16(21)18-14(11-12-7-5-4-6-8-12)15(20)13-9-10-25(22,23)19-13/h4-8,13-14,19H,9-11H2,1-3H3,(H,18,21)/t13-,14-/m0/s1. The van der Waals surface area contributed by atoms with Crippen molar-refractivity contribution in [2.45, 2.75) is 51.3 Å². The molecule has 0 aliphatic carbocycles. The van der Waals surface area contributed by atoms with Crippen molar-refractivity contribution < 1.29 is 22.7 Å². The molecule has 25 heavy (non-hydrogen) atoms. The van der Waals surface area contributed by atoms with Gasteiger partial charge in [0.1, 0.15) is 5.60 Å². The summed E-state index contributed by atoms with van der Waals surface area (Å²) in [6.07, 6.45) is -0.248. The predicted molar refractivity (Wildman–Crippen MR) is 93.6 cm³/mol. The molecule has 0 aromatic heterocycles. The highest BCUT2D eigenvalue weighted by Gasteiger charge is 2.36. The number of hydrogen-bond acceptors (Lipinski definition) is 5. The predicted octanol–water partition coefficient (Wildman–Crippen LogP) is 1.38. The first kappa shape index (κ1) is 19.4. The summed E-state index contributed by atoms with van der Waals surface area (Å²) in [7, 11) is -3.42. The topological polar surface area (TPSA) is 102 Å². The molecule has 1 amide bonds. The zero-order chi connectivity index (χ0) is 18.7. The van der Waals surface area contributed by atoms with Crippen LogP contribution in [0.25, 0.3) is 0 Å². The number of carbonyl (C=O) groups excluding carboxylic acids is 2. The highest BCUT2D eigenvalue weighted by Crippen LogP contribution is 2.14. The Morgan fingerprint density at radius 3 is 2.44 bits per heavy atom. The van der Waals surface area contributed by atoms with Crippen LogP contribution in [0.15, 0.2) is 30.3 Å². The number of Topliss-reactive ketones (excluding diaryl/α,β-unsaturated/α-hetero) is 1. The number of rotatable bonds is 5. The van der Waals surface area contributed by atoms with Crippen LogP contribution in [0.4, 0.5) is 4.79 Å². The molecule has 1 aromatic carbocycles. The number of nitrogens with one attached hydrogen (secondary N) is 2. The van der Waals surface area contributed by atoms with E-state index in [1.165, 1.54) is 0 Å². The minimum absolute atomic E-state index is 0.0894. The maximum atomic E-state index is 12.7. The van der Waals surface area contributed by atoms with E-state index in [2.05, 4.69) is 10.0 Å². The first-order chi connectivity index (χ1) is 11.6. The second-order valence-electron chi connectivity index (χ2n) is 7.07. The normalized spacial score (nSPS) is 20.7. The molecule has 7 nitrogen and oxygen atoms in total. The molecule has 1 aliphatic rings. The van der Waals surface area contributed by atoms with Crippen LogP contribution in [0.5, 0.6) is 0 Å². The molecular weight excluding hydrogens is 344 g/mol. The summed E-state index contributed by atoms with van der Waals surface area (Å²) in [5, 5.41) is 2.58. The molecule has 1 fully saturated rings. The fourth-order valence-electron chi connectivity index (χ4n) is 2.57. The average molecular weight is 368 g/mol. The third-order valence-corrected chi connectivity index (χ3v) is 5.07. The summed E-state index contributed by atoms with van der Waals surface area (Å²) in [6.45, 7) is 5.18. The number of sulfonamides is 1. The van der Waals surface area contributed by atoms with E-state index in [9.17, 15) is 18.0 Å². The van der Waals surface area contributed by atoms with Crippen LogP contribution in [0.2, 0.25) is 0 Å². The van der Waals surface area contributed by atoms with E-state index in [0.29, 0.717) is 0 Å². The molecule has 2 N–H and O–H groups in total. The molecule has 0 bridgehead atoms. The number of hydrogen-bond donors (Lipinski definition) is 2. The molecule has 1 aromatic rings. The van der Waals surface area contributed by atoms with Crippen LogP contribution in [0.3, 0.4) is 0 Å². The van der Waals surface area contributed by atoms with E-state index >= 15 is 0 Å². The van der Waals surface area contributed by atoms with Gasteiger partial charge in [-0.25, -0.2) is 17.9 Å². The van der Waals surface area contributed by atoms with Gasteiger partial charge in [-0.2, -0.15) is 0 Å². The van der Waals surface area contributed by atoms with Crippen molar-refractivity contribution in [2.75, 3.05) is 5.75 Å². The van der Waals surface area contributed by atoms with Gasteiger partial charge in [-0.15, -0.1) is 0 Å². The lowest BCUT2D eigenvalue weighted by Gasteiger charge is -2.24. The Morgan fingerprint density at radius 1 is 1.28 bits per heavy atom. The molecule has 0 radical (unpaired) electrons. The maximum Gasteiger partial charge on any atom is 0.408 e. The van der Waals surface area contributed by atoms with Crippen LogP contribution >= 0.6 is 0 Å². The van der Waals surface area contributed by atoms with Crippen molar-refractivity contribution in [3.8, 4) is 0 Å². The average Bonchev–Trinajstić information content (AvgIpc) is 2.85. The molecule has 2 rings (SSSR count). The van der Waals surface area contributed by atoms with Crippen molar-refractivity contribution in [3.63, 3.8) is 0 Å². The van der Waals surface area contributed by atoms with Gasteiger partial charge in [0.05, 0.1) is 17.8 Å². The maximum absolute atomic E-state index is 12.7. The highest BCUT2D eigenvalue weighted by molar-refractivity contribution is 7.89. The molecule has 0 spiro atoms. The summed E-state index contributed by atoms with van der Waals surface area (Å²) in [6, 6.07) is 7.51. The summed E-state index contributed by atoms with van der Waals surface area (Å²) in [5.41, 5.74) is 0.164. The van der Waals surface area contributed by atoms with Gasteiger partial charge in [-0.1, -0.05) is 30.3 Å². The number of ketones is 1. The number of alkyl carbamates (subject to hydrolysis) is 1. The van der Waals surface area contributed by atoms with E-state index in [-0.39, 0.29) is 24.4 Å². The molecule has 1 aliphatic heterocycles. The lowest BCUT2D eigenvalue weighted by atomic mass is 9.97. The SMILES string of the molecule is CC(C)(C)OC(=O)N[C@@H](Cc1ccccc1)C(=O)[C@@H]1CCS(=O)(=O)N1. The number of ether oxygens (including phenoxy) is 1. The van der Waals surface area contributed by atoms with Crippen molar-refractivity contribution in [2.24, 2.45) is 0 Å². The zero-order valence-electron chi connectivity index (χ0n) is 14.6. The second-order valence-corrected chi connectivity index (χ2v) is 8.94. The summed E-state index contributed by atoms with van der Waals surface area (Å²) >= 11 is 0. The molecule has 1 heterocycles. The van der Waals surface area contributed by atoms with Gasteiger partial charge in [0, 0.05) is 0 Å². The summed E-state index contributed by atoms with van der Waals surface area (Å²) in [5.74, 6) is -0.454. The molecule has 0 saturated carbocycles. The van der Waals surface area contributed by atoms with E-state index in [1.54, 1.807) is 20.8 Å². The second kappa shape index (κ2) is 7.53. The van der Waals surface area contributed by atoms with E-state index in [1.807, 2.05) is 30.3 Å². The highest BCUT2D eigenvalue weighted by atomic mass is 32.2. The van der Waals surface area contributed by atoms with Crippen molar-refractivity contribution in [1.82, 2.24) is 10.0 Å². The third kappa shape index (κ3) is 6.13. The van der Waals surface area contributed by atoms with Crippen molar-refractivity contribution >= 4 is 21.9 Å². The Balaban J connectivity index is 2.14. The summed E-state index contributed by atoms with van der Waals surface area (Å²) < 4.78 is 30.7. The lowest BCUT2D eigenvalue weighted by molar-refractivity contribution is -0.122. The first-order valence-corrected chi connectivity index (χ1v) is 9.78. The first-order valence-electron chi connectivity index (χ1n) is 8.13. The van der Waals surface area contributed by atoms with Gasteiger partial charge in [-0.05, 0) is 39.2 Å². The molecule has 138 valence electrons. The van der Waals surface area contributed by atoms with Gasteiger partial charge in [0.15, 0.2) is 5.78 Å². The zero-order valence-corrected chi connectivity index (χ0v) is 15.4. The number of benzene rings is 1. The molecule has 1 saturated heterocycles. The lowest BCUT2D eigenvalue weighted by Crippen LogP contribution is -2.50. The Bertz CT molecular complexity index is 725. The summed E-state index contributed by atoms with van der Waals surface area (Å²) in [4.78, 5) is 24.8. The van der Waals surface area contributed by atoms with Crippen LogP contribution in [-0.4, -0.2) is 43.7 Å². The van der Waals surface area contributed by atoms with Crippen molar-refractivity contribution in [1.29, 1.82) is 0 Å². The van der Waals surface area contributed by atoms with Gasteiger partial charge >= 0.3 is 6.09 Å². The van der Waals surface area contributed by atoms with Crippen LogP contribution in [0, 0.1) is 0 Å². The largest absolute Gasteiger partial charge is 0.444 e. The molecule has 2 atom stereocenters. The monoisotopic (exact) mass is 368 g/mol. The van der Waals surface area contributed by atoms with Gasteiger partial charge in [-0.3, -0.25) is 4.79 Å². The minimum Gasteiger partial charge on any atom is -0.444 e. The van der Waals surface area contributed by atoms with Crippen molar-refractivity contribution in [3.05, 3.63) is 35.9 Å². The minimum atomic E-state index is -3.42. The number of amides is 1. The fourth-order valence-corrected chi connectivity index (χ4v) is 3.90. The van der Waals surface area contributed by atoms with E-state index in [0.717, 1.165) is 5.56 Å². The Kier molecular flexibility index (Phi) is 5.84. The Morgan fingerprint density at radius 2 is 1.92 bits per heavy atom.